The van der Waals surface area contributed by atoms with Crippen molar-refractivity contribution in [1.29, 1.82) is 0 Å². The van der Waals surface area contributed by atoms with Gasteiger partial charge in [-0.2, -0.15) is 0 Å². The first-order chi connectivity index (χ1) is 10.7. The van der Waals surface area contributed by atoms with Gasteiger partial charge in [0, 0.05) is 0 Å². The van der Waals surface area contributed by atoms with Gasteiger partial charge in [0.15, 0.2) is 12.2 Å². The van der Waals surface area contributed by atoms with Crippen LogP contribution in [0.2, 0.25) is 0 Å². The number of hydrogen-bond acceptors (Lipinski definition) is 4. The SMILES string of the molecule is CCCCCCCCC(O)C(=O)OC(CC(=O)O)C[N+](C)(C)C. The number of carboxylic acids is 1. The normalized spacial score (nSPS) is 14.3. The highest BCUT2D eigenvalue weighted by Gasteiger charge is 2.27. The molecule has 0 aromatic rings. The van der Waals surface area contributed by atoms with Crippen molar-refractivity contribution in [3.63, 3.8) is 0 Å². The number of rotatable bonds is 13. The minimum Gasteiger partial charge on any atom is -0.481 e. The molecule has 0 radical (unpaired) electrons. The van der Waals surface area contributed by atoms with E-state index >= 15 is 0 Å². The quantitative estimate of drug-likeness (QED) is 0.307. The molecule has 0 saturated carbocycles. The third kappa shape index (κ3) is 13.0. The highest BCUT2D eigenvalue weighted by molar-refractivity contribution is 5.75. The van der Waals surface area contributed by atoms with Crippen molar-refractivity contribution >= 4 is 11.9 Å². The van der Waals surface area contributed by atoms with Crippen LogP contribution in [-0.4, -0.2) is 66.5 Å². The highest BCUT2D eigenvalue weighted by atomic mass is 16.6. The Morgan fingerprint density at radius 1 is 1.04 bits per heavy atom. The van der Waals surface area contributed by atoms with Crippen LogP contribution in [0.25, 0.3) is 0 Å². The monoisotopic (exact) mass is 332 g/mol. The van der Waals surface area contributed by atoms with Crippen LogP contribution in [0.4, 0.5) is 0 Å². The molecule has 0 rings (SSSR count). The first-order valence-corrected chi connectivity index (χ1v) is 8.56. The molecule has 0 saturated heterocycles. The van der Waals surface area contributed by atoms with Crippen molar-refractivity contribution in [2.75, 3.05) is 27.7 Å². The Morgan fingerprint density at radius 3 is 2.13 bits per heavy atom. The van der Waals surface area contributed by atoms with Gasteiger partial charge >= 0.3 is 11.9 Å². The van der Waals surface area contributed by atoms with E-state index in [1.54, 1.807) is 0 Å². The van der Waals surface area contributed by atoms with Gasteiger partial charge in [0.1, 0.15) is 6.54 Å². The summed E-state index contributed by atoms with van der Waals surface area (Å²) in [5.74, 6) is -1.72. The van der Waals surface area contributed by atoms with Gasteiger partial charge in [-0.1, -0.05) is 45.4 Å². The summed E-state index contributed by atoms with van der Waals surface area (Å²) in [7, 11) is 5.69. The predicted octanol–water partition coefficient (Wildman–Crippen LogP) is 2.19. The summed E-state index contributed by atoms with van der Waals surface area (Å²) in [6.07, 6.45) is 4.70. The number of likely N-dealkylation sites (N-methyl/N-ethyl adjacent to an activating group) is 1. The first-order valence-electron chi connectivity index (χ1n) is 8.56. The molecule has 0 spiro atoms. The summed E-state index contributed by atoms with van der Waals surface area (Å²) in [5, 5.41) is 18.8. The Hall–Kier alpha value is -1.14. The average Bonchev–Trinajstić information content (AvgIpc) is 2.39. The van der Waals surface area contributed by atoms with Crippen LogP contribution in [0.1, 0.15) is 58.3 Å². The largest absolute Gasteiger partial charge is 0.481 e. The second kappa shape index (κ2) is 11.4. The number of nitrogens with zero attached hydrogens (tertiary/aromatic N) is 1. The summed E-state index contributed by atoms with van der Waals surface area (Å²) < 4.78 is 5.69. The molecule has 2 unspecified atom stereocenters. The maximum Gasteiger partial charge on any atom is 0.335 e. The van der Waals surface area contributed by atoms with Crippen LogP contribution in [0.15, 0.2) is 0 Å². The lowest BCUT2D eigenvalue weighted by Gasteiger charge is -2.28. The fraction of sp³-hybridized carbons (Fsp3) is 0.882. The fourth-order valence-corrected chi connectivity index (χ4v) is 2.43. The van der Waals surface area contributed by atoms with Crippen LogP contribution >= 0.6 is 0 Å². The number of esters is 1. The molecule has 0 fully saturated rings. The summed E-state index contributed by atoms with van der Waals surface area (Å²) >= 11 is 0. The molecule has 0 aliphatic heterocycles. The summed E-state index contributed by atoms with van der Waals surface area (Å²) in [6.45, 7) is 2.55. The minimum atomic E-state index is -1.16. The number of hydrogen-bond donors (Lipinski definition) is 2. The molecular formula is C17H34NO5+. The Bertz CT molecular complexity index is 351. The van der Waals surface area contributed by atoms with E-state index in [9.17, 15) is 14.7 Å². The molecule has 2 N–H and O–H groups in total. The van der Waals surface area contributed by atoms with Gasteiger partial charge in [0.2, 0.25) is 0 Å². The van der Waals surface area contributed by atoms with Crippen LogP contribution in [0, 0.1) is 0 Å². The van der Waals surface area contributed by atoms with E-state index in [-0.39, 0.29) is 6.42 Å². The molecule has 0 bridgehead atoms. The minimum absolute atomic E-state index is 0.245. The standard InChI is InChI=1S/C17H33NO5/c1-5-6-7-8-9-10-11-15(19)17(22)23-14(12-16(20)21)13-18(2,3)4/h14-15,19H,5-13H2,1-4H3/p+1. The lowest BCUT2D eigenvalue weighted by molar-refractivity contribution is -0.873. The molecule has 0 aliphatic rings. The van der Waals surface area contributed by atoms with E-state index in [0.29, 0.717) is 17.4 Å². The van der Waals surface area contributed by atoms with Crippen molar-refractivity contribution < 1.29 is 29.0 Å². The molecular weight excluding hydrogens is 298 g/mol. The van der Waals surface area contributed by atoms with Gasteiger partial charge in [-0.05, 0) is 6.42 Å². The number of aliphatic hydroxyl groups is 1. The second-order valence-corrected chi connectivity index (χ2v) is 7.20. The summed E-state index contributed by atoms with van der Waals surface area (Å²) in [4.78, 5) is 22.8. The second-order valence-electron chi connectivity index (χ2n) is 7.20. The third-order valence-corrected chi connectivity index (χ3v) is 3.54. The fourth-order valence-electron chi connectivity index (χ4n) is 2.43. The molecule has 23 heavy (non-hydrogen) atoms. The molecule has 6 heteroatoms. The molecule has 2 atom stereocenters. The Balaban J connectivity index is 4.19. The third-order valence-electron chi connectivity index (χ3n) is 3.54. The van der Waals surface area contributed by atoms with Crippen LogP contribution < -0.4 is 0 Å². The van der Waals surface area contributed by atoms with Crippen LogP contribution in [0.3, 0.4) is 0 Å². The van der Waals surface area contributed by atoms with Gasteiger partial charge in [-0.15, -0.1) is 0 Å². The number of unbranched alkanes of at least 4 members (excludes halogenated alkanes) is 5. The number of carbonyl (C=O) groups is 2. The zero-order valence-electron chi connectivity index (χ0n) is 15.1. The maximum absolute atomic E-state index is 11.9. The van der Waals surface area contributed by atoms with E-state index in [2.05, 4.69) is 6.92 Å². The Morgan fingerprint density at radius 2 is 1.61 bits per heavy atom. The summed E-state index contributed by atoms with van der Waals surface area (Å²) in [6, 6.07) is 0. The van der Waals surface area contributed by atoms with E-state index in [1.165, 1.54) is 19.3 Å². The lowest BCUT2D eigenvalue weighted by Crippen LogP contribution is -2.44. The predicted molar refractivity (Wildman–Crippen MR) is 89.0 cm³/mol. The number of aliphatic carboxylic acids is 1. The zero-order valence-corrected chi connectivity index (χ0v) is 15.1. The number of carbonyl (C=O) groups excluding carboxylic acids is 1. The topological polar surface area (TPSA) is 83.8 Å². The zero-order chi connectivity index (χ0) is 17.9. The Labute approximate surface area is 140 Å². The van der Waals surface area contributed by atoms with Crippen molar-refractivity contribution in [3.05, 3.63) is 0 Å². The van der Waals surface area contributed by atoms with Crippen molar-refractivity contribution in [3.8, 4) is 0 Å². The van der Waals surface area contributed by atoms with E-state index in [1.807, 2.05) is 21.1 Å². The highest BCUT2D eigenvalue weighted by Crippen LogP contribution is 2.12. The summed E-state index contributed by atoms with van der Waals surface area (Å²) in [5.41, 5.74) is 0. The molecule has 0 heterocycles. The maximum atomic E-state index is 11.9. The van der Waals surface area contributed by atoms with Gasteiger partial charge in [0.25, 0.3) is 0 Å². The Kier molecular flexibility index (Phi) is 10.8. The number of ether oxygens (including phenoxy) is 1. The smallest absolute Gasteiger partial charge is 0.335 e. The molecule has 6 nitrogen and oxygen atoms in total. The van der Waals surface area contributed by atoms with Gasteiger partial charge in [-0.25, -0.2) is 4.79 Å². The van der Waals surface area contributed by atoms with Gasteiger partial charge < -0.3 is 19.4 Å². The average molecular weight is 332 g/mol. The number of quaternary nitrogens is 1. The van der Waals surface area contributed by atoms with E-state index in [4.69, 9.17) is 9.84 Å². The molecule has 136 valence electrons. The van der Waals surface area contributed by atoms with Crippen molar-refractivity contribution in [2.24, 2.45) is 0 Å². The molecule has 0 aromatic heterocycles. The molecule has 0 aliphatic carbocycles. The molecule has 0 aromatic carbocycles. The van der Waals surface area contributed by atoms with E-state index < -0.39 is 24.1 Å². The van der Waals surface area contributed by atoms with Crippen molar-refractivity contribution in [2.45, 2.75) is 70.5 Å². The van der Waals surface area contributed by atoms with Crippen molar-refractivity contribution in [1.82, 2.24) is 0 Å². The van der Waals surface area contributed by atoms with Gasteiger partial charge in [0.05, 0.1) is 27.6 Å². The van der Waals surface area contributed by atoms with E-state index in [0.717, 1.165) is 19.3 Å². The van der Waals surface area contributed by atoms with Gasteiger partial charge in [-0.3, -0.25) is 4.79 Å². The first kappa shape index (κ1) is 21.9. The number of aliphatic hydroxyl groups excluding tert-OH is 1. The number of carboxylic acid groups (broad SMARTS) is 1. The molecule has 0 amide bonds. The van der Waals surface area contributed by atoms with Crippen LogP contribution in [-0.2, 0) is 14.3 Å². The van der Waals surface area contributed by atoms with Crippen LogP contribution in [0.5, 0.6) is 0 Å². The lowest BCUT2D eigenvalue weighted by atomic mass is 10.1.